The maximum absolute atomic E-state index is 13.6. The van der Waals surface area contributed by atoms with E-state index >= 15 is 0 Å². The second kappa shape index (κ2) is 7.60. The van der Waals surface area contributed by atoms with Gasteiger partial charge < -0.3 is 10.6 Å². The van der Waals surface area contributed by atoms with E-state index in [1.165, 1.54) is 16.8 Å². The number of anilines is 1. The normalized spacial score (nSPS) is 15.6. The molecule has 1 saturated heterocycles. The Morgan fingerprint density at radius 2 is 1.96 bits per heavy atom. The Morgan fingerprint density at radius 3 is 2.70 bits per heavy atom. The van der Waals surface area contributed by atoms with Crippen LogP contribution in [0.3, 0.4) is 0 Å². The highest BCUT2D eigenvalue weighted by Crippen LogP contribution is 2.31. The van der Waals surface area contributed by atoms with Gasteiger partial charge in [-0.1, -0.05) is 12.1 Å². The van der Waals surface area contributed by atoms with E-state index in [0.717, 1.165) is 37.0 Å². The molecular weight excluding hydrogens is 353 g/mol. The van der Waals surface area contributed by atoms with Gasteiger partial charge in [-0.25, -0.2) is 13.2 Å². The molecule has 0 amide bonds. The summed E-state index contributed by atoms with van der Waals surface area (Å²) in [7, 11) is 0. The van der Waals surface area contributed by atoms with Crippen LogP contribution in [0.15, 0.2) is 42.5 Å². The third-order valence-corrected chi connectivity index (χ3v) is 4.87. The summed E-state index contributed by atoms with van der Waals surface area (Å²) in [5.74, 6) is -0.381. The number of aromatic nitrogens is 2. The minimum atomic E-state index is -2.52. The zero-order chi connectivity index (χ0) is 18.8. The van der Waals surface area contributed by atoms with Crippen LogP contribution in [-0.2, 0) is 6.54 Å². The first-order chi connectivity index (χ1) is 13.1. The fourth-order valence-electron chi connectivity index (χ4n) is 3.58. The lowest BCUT2D eigenvalue weighted by Crippen LogP contribution is -2.35. The van der Waals surface area contributed by atoms with Gasteiger partial charge in [0, 0.05) is 22.7 Å². The Labute approximate surface area is 155 Å². The minimum Gasteiger partial charge on any atom is -0.382 e. The van der Waals surface area contributed by atoms with Crippen LogP contribution in [0.25, 0.3) is 22.2 Å². The number of rotatable bonds is 5. The van der Waals surface area contributed by atoms with E-state index in [0.29, 0.717) is 22.8 Å². The van der Waals surface area contributed by atoms with Crippen molar-refractivity contribution in [2.24, 2.45) is 0 Å². The largest absolute Gasteiger partial charge is 0.382 e. The smallest absolute Gasteiger partial charge is 0.257 e. The zero-order valence-electron chi connectivity index (χ0n) is 14.8. The molecule has 0 spiro atoms. The second-order valence-electron chi connectivity index (χ2n) is 6.83. The molecule has 0 unspecified atom stereocenters. The number of nitrogens with one attached hydrogen (secondary N) is 2. The van der Waals surface area contributed by atoms with Crippen LogP contribution in [0.4, 0.5) is 18.9 Å². The fraction of sp³-hybridized carbons (Fsp3) is 0.350. The van der Waals surface area contributed by atoms with Crippen LogP contribution in [-0.4, -0.2) is 35.3 Å². The number of alkyl halides is 2. The topological polar surface area (TPSA) is 41.9 Å². The molecular formula is C20H21F3N4. The average Bonchev–Trinajstić information content (AvgIpc) is 3.00. The van der Waals surface area contributed by atoms with E-state index in [4.69, 9.17) is 0 Å². The van der Waals surface area contributed by atoms with Crippen LogP contribution >= 0.6 is 0 Å². The summed E-state index contributed by atoms with van der Waals surface area (Å²) in [6.45, 7) is 1.43. The van der Waals surface area contributed by atoms with Crippen molar-refractivity contribution in [3.8, 4) is 11.3 Å². The summed E-state index contributed by atoms with van der Waals surface area (Å²) >= 11 is 0. The Morgan fingerprint density at radius 1 is 1.15 bits per heavy atom. The molecule has 2 N–H and O–H groups in total. The number of hydrogen-bond donors (Lipinski definition) is 2. The van der Waals surface area contributed by atoms with Gasteiger partial charge in [0.05, 0.1) is 5.52 Å². The lowest BCUT2D eigenvalue weighted by Gasteiger charge is -2.24. The Balaban J connectivity index is 1.74. The lowest BCUT2D eigenvalue weighted by atomic mass is 10.1. The van der Waals surface area contributed by atoms with E-state index in [9.17, 15) is 13.2 Å². The molecule has 1 aromatic heterocycles. The van der Waals surface area contributed by atoms with Gasteiger partial charge in [0.1, 0.15) is 18.1 Å². The standard InChI is InChI=1S/C20H21F3N4/c21-14-3-1-2-13(10-14)20-17-5-4-16(25-15-6-8-24-9-7-15)11-18(17)27(26-20)12-19(22)23/h1-5,10-11,15,19,24-25H,6-9,12H2. The zero-order valence-corrected chi connectivity index (χ0v) is 14.8. The SMILES string of the molecule is Fc1cccc(-c2nn(CC(F)F)c3cc(NC4CCNCC4)ccc23)c1. The highest BCUT2D eigenvalue weighted by Gasteiger charge is 2.18. The van der Waals surface area contributed by atoms with E-state index in [1.807, 2.05) is 18.2 Å². The van der Waals surface area contributed by atoms with Crippen LogP contribution in [0.2, 0.25) is 0 Å². The van der Waals surface area contributed by atoms with Gasteiger partial charge in [0.15, 0.2) is 0 Å². The highest BCUT2D eigenvalue weighted by atomic mass is 19.3. The molecule has 0 saturated carbocycles. The molecule has 2 heterocycles. The summed E-state index contributed by atoms with van der Waals surface area (Å²) < 4.78 is 41.0. The van der Waals surface area contributed by atoms with Crippen molar-refractivity contribution in [3.05, 3.63) is 48.3 Å². The number of hydrogen-bond acceptors (Lipinski definition) is 3. The lowest BCUT2D eigenvalue weighted by molar-refractivity contribution is 0.123. The molecule has 1 aliphatic rings. The molecule has 0 bridgehead atoms. The second-order valence-corrected chi connectivity index (χ2v) is 6.83. The Bertz CT molecular complexity index is 932. The number of piperidine rings is 1. The van der Waals surface area contributed by atoms with Gasteiger partial charge in [-0.05, 0) is 56.3 Å². The fourth-order valence-corrected chi connectivity index (χ4v) is 3.58. The molecule has 142 valence electrons. The summed E-state index contributed by atoms with van der Waals surface area (Å²) in [6.07, 6.45) is -0.486. The highest BCUT2D eigenvalue weighted by molar-refractivity contribution is 5.95. The molecule has 1 aliphatic heterocycles. The molecule has 3 aromatic rings. The van der Waals surface area contributed by atoms with Crippen LogP contribution in [0.1, 0.15) is 12.8 Å². The molecule has 0 atom stereocenters. The van der Waals surface area contributed by atoms with Crippen LogP contribution < -0.4 is 10.6 Å². The minimum absolute atomic E-state index is 0.359. The summed E-state index contributed by atoms with van der Waals surface area (Å²) in [5, 5.41) is 11.9. The average molecular weight is 374 g/mol. The quantitative estimate of drug-likeness (QED) is 0.701. The number of nitrogens with zero attached hydrogens (tertiary/aromatic N) is 2. The molecule has 2 aromatic carbocycles. The van der Waals surface area contributed by atoms with Crippen molar-refractivity contribution in [1.29, 1.82) is 0 Å². The predicted molar refractivity (Wildman–Crippen MR) is 101 cm³/mol. The van der Waals surface area contributed by atoms with E-state index in [1.54, 1.807) is 12.1 Å². The summed E-state index contributed by atoms with van der Waals surface area (Å²) in [6, 6.07) is 12.1. The van der Waals surface area contributed by atoms with Crippen molar-refractivity contribution in [3.63, 3.8) is 0 Å². The van der Waals surface area contributed by atoms with Gasteiger partial charge in [-0.3, -0.25) is 4.68 Å². The monoisotopic (exact) mass is 374 g/mol. The van der Waals surface area contributed by atoms with Gasteiger partial charge in [0.25, 0.3) is 6.43 Å². The molecule has 27 heavy (non-hydrogen) atoms. The maximum Gasteiger partial charge on any atom is 0.257 e. The number of benzene rings is 2. The van der Waals surface area contributed by atoms with Gasteiger partial charge >= 0.3 is 0 Å². The van der Waals surface area contributed by atoms with E-state index < -0.39 is 13.0 Å². The van der Waals surface area contributed by atoms with Gasteiger partial charge in [0.2, 0.25) is 0 Å². The van der Waals surface area contributed by atoms with Crippen molar-refractivity contribution in [1.82, 2.24) is 15.1 Å². The van der Waals surface area contributed by atoms with E-state index in [-0.39, 0.29) is 5.82 Å². The molecule has 4 nitrogen and oxygen atoms in total. The predicted octanol–water partition coefficient (Wildman–Crippen LogP) is 4.27. The van der Waals surface area contributed by atoms with Crippen molar-refractivity contribution in [2.75, 3.05) is 18.4 Å². The molecule has 4 rings (SSSR count). The Hall–Kier alpha value is -2.54. The molecule has 7 heteroatoms. The van der Waals surface area contributed by atoms with Crippen molar-refractivity contribution in [2.45, 2.75) is 31.9 Å². The van der Waals surface area contributed by atoms with Crippen molar-refractivity contribution < 1.29 is 13.2 Å². The third kappa shape index (κ3) is 3.93. The Kier molecular flexibility index (Phi) is 5.03. The van der Waals surface area contributed by atoms with Crippen LogP contribution in [0.5, 0.6) is 0 Å². The maximum atomic E-state index is 13.6. The summed E-state index contributed by atoms with van der Waals surface area (Å²) in [4.78, 5) is 0. The number of halogens is 3. The first-order valence-electron chi connectivity index (χ1n) is 9.12. The molecule has 0 aliphatic carbocycles. The first-order valence-corrected chi connectivity index (χ1v) is 9.12. The van der Waals surface area contributed by atoms with Gasteiger partial charge in [-0.15, -0.1) is 0 Å². The van der Waals surface area contributed by atoms with Crippen LogP contribution in [0, 0.1) is 5.82 Å². The van der Waals surface area contributed by atoms with Crippen molar-refractivity contribution >= 4 is 16.6 Å². The number of fused-ring (bicyclic) bond motifs is 1. The first kappa shape index (κ1) is 17.9. The van der Waals surface area contributed by atoms with E-state index in [2.05, 4.69) is 15.7 Å². The summed E-state index contributed by atoms with van der Waals surface area (Å²) in [5.41, 5.74) is 2.59. The molecule has 0 radical (unpaired) electrons. The molecule has 1 fully saturated rings. The third-order valence-electron chi connectivity index (χ3n) is 4.87. The van der Waals surface area contributed by atoms with Gasteiger partial charge in [-0.2, -0.15) is 5.10 Å².